The third-order valence-electron chi connectivity index (χ3n) is 3.57. The second-order valence-corrected chi connectivity index (χ2v) is 7.91. The number of rotatable bonds is 6. The molecule has 2 rings (SSSR count). The van der Waals surface area contributed by atoms with E-state index in [9.17, 15) is 22.0 Å². The van der Waals surface area contributed by atoms with Crippen molar-refractivity contribution in [3.05, 3.63) is 65.2 Å². The number of benzene rings is 2. The Morgan fingerprint density at radius 3 is 2.27 bits per heavy atom. The van der Waals surface area contributed by atoms with Crippen LogP contribution in [0.25, 0.3) is 0 Å². The van der Waals surface area contributed by atoms with E-state index in [1.807, 2.05) is 0 Å². The van der Waals surface area contributed by atoms with Crippen LogP contribution in [-0.2, 0) is 16.6 Å². The van der Waals surface area contributed by atoms with Gasteiger partial charge >= 0.3 is 0 Å². The van der Waals surface area contributed by atoms with Crippen molar-refractivity contribution >= 4 is 15.9 Å². The van der Waals surface area contributed by atoms with Gasteiger partial charge in [0.15, 0.2) is 0 Å². The van der Waals surface area contributed by atoms with Crippen molar-refractivity contribution in [3.8, 4) is 0 Å². The van der Waals surface area contributed by atoms with Gasteiger partial charge < -0.3 is 4.90 Å². The summed E-state index contributed by atoms with van der Waals surface area (Å²) < 4.78 is 53.3. The highest BCUT2D eigenvalue weighted by Gasteiger charge is 2.18. The van der Waals surface area contributed by atoms with Gasteiger partial charge in [0.25, 0.3) is 5.91 Å². The molecule has 2 aromatic rings. The van der Waals surface area contributed by atoms with Crippen LogP contribution in [0.2, 0.25) is 0 Å². The molecule has 0 saturated heterocycles. The van der Waals surface area contributed by atoms with Crippen LogP contribution in [0.3, 0.4) is 0 Å². The summed E-state index contributed by atoms with van der Waals surface area (Å²) in [6.45, 7) is 3.37. The SMILES string of the molecule is CC(C)NS(=O)(=O)c1ccc(C(=O)N(C)Cc2ccc(F)cc2F)cc1. The van der Waals surface area contributed by atoms with E-state index in [4.69, 9.17) is 0 Å². The molecular formula is C18H20F2N2O3S. The summed E-state index contributed by atoms with van der Waals surface area (Å²) in [6, 6.07) is 8.38. The summed E-state index contributed by atoms with van der Waals surface area (Å²) >= 11 is 0. The van der Waals surface area contributed by atoms with Crippen LogP contribution in [0.5, 0.6) is 0 Å². The zero-order chi connectivity index (χ0) is 19.5. The largest absolute Gasteiger partial charge is 0.337 e. The van der Waals surface area contributed by atoms with Crippen LogP contribution >= 0.6 is 0 Å². The van der Waals surface area contributed by atoms with Gasteiger partial charge in [-0.05, 0) is 44.2 Å². The van der Waals surface area contributed by atoms with Gasteiger partial charge in [-0.1, -0.05) is 6.07 Å². The predicted molar refractivity (Wildman–Crippen MR) is 94.1 cm³/mol. The number of carbonyl (C=O) groups excluding carboxylic acids is 1. The lowest BCUT2D eigenvalue weighted by atomic mass is 10.1. The second-order valence-electron chi connectivity index (χ2n) is 6.20. The van der Waals surface area contributed by atoms with Crippen molar-refractivity contribution in [2.45, 2.75) is 31.3 Å². The number of hydrogen-bond acceptors (Lipinski definition) is 3. The highest BCUT2D eigenvalue weighted by atomic mass is 32.2. The molecule has 0 heterocycles. The van der Waals surface area contributed by atoms with Gasteiger partial charge in [0, 0.05) is 36.8 Å². The second kappa shape index (κ2) is 7.92. The Labute approximate surface area is 151 Å². The van der Waals surface area contributed by atoms with Gasteiger partial charge in [-0.3, -0.25) is 4.79 Å². The first-order chi connectivity index (χ1) is 12.1. The van der Waals surface area contributed by atoms with Crippen LogP contribution in [0.1, 0.15) is 29.8 Å². The molecule has 0 radical (unpaired) electrons. The zero-order valence-corrected chi connectivity index (χ0v) is 15.5. The molecule has 0 saturated carbocycles. The number of amides is 1. The standard InChI is InChI=1S/C18H20F2N2O3S/c1-12(2)21-26(24,25)16-8-5-13(6-9-16)18(23)22(3)11-14-4-7-15(19)10-17(14)20/h4-10,12,21H,11H2,1-3H3. The van der Waals surface area contributed by atoms with Gasteiger partial charge in [0.2, 0.25) is 10.0 Å². The van der Waals surface area contributed by atoms with E-state index < -0.39 is 27.6 Å². The molecule has 0 unspecified atom stereocenters. The monoisotopic (exact) mass is 382 g/mol. The van der Waals surface area contributed by atoms with E-state index in [1.54, 1.807) is 13.8 Å². The molecule has 140 valence electrons. The lowest BCUT2D eigenvalue weighted by molar-refractivity contribution is 0.0783. The molecule has 26 heavy (non-hydrogen) atoms. The van der Waals surface area contributed by atoms with Crippen LogP contribution in [0, 0.1) is 11.6 Å². The molecule has 5 nitrogen and oxygen atoms in total. The number of halogens is 2. The Morgan fingerprint density at radius 1 is 1.12 bits per heavy atom. The van der Waals surface area contributed by atoms with Crippen molar-refractivity contribution in [1.29, 1.82) is 0 Å². The molecule has 0 aliphatic carbocycles. The fraction of sp³-hybridized carbons (Fsp3) is 0.278. The number of sulfonamides is 1. The lowest BCUT2D eigenvalue weighted by Crippen LogP contribution is -2.30. The molecule has 1 amide bonds. The number of nitrogens with one attached hydrogen (secondary N) is 1. The van der Waals surface area contributed by atoms with Gasteiger partial charge in [0.05, 0.1) is 4.90 Å². The number of hydrogen-bond donors (Lipinski definition) is 1. The minimum absolute atomic E-state index is 0.0418. The maximum atomic E-state index is 13.7. The molecule has 0 bridgehead atoms. The lowest BCUT2D eigenvalue weighted by Gasteiger charge is -2.18. The molecule has 0 fully saturated rings. The summed E-state index contributed by atoms with van der Waals surface area (Å²) in [5.41, 5.74) is 0.445. The molecular weight excluding hydrogens is 362 g/mol. The topological polar surface area (TPSA) is 66.5 Å². The summed E-state index contributed by atoms with van der Waals surface area (Å²) in [4.78, 5) is 13.8. The maximum absolute atomic E-state index is 13.7. The first kappa shape index (κ1) is 20.0. The number of nitrogens with zero attached hydrogens (tertiary/aromatic N) is 1. The smallest absolute Gasteiger partial charge is 0.253 e. The van der Waals surface area contributed by atoms with Crippen molar-refractivity contribution in [2.75, 3.05) is 7.05 Å². The molecule has 1 N–H and O–H groups in total. The minimum Gasteiger partial charge on any atom is -0.337 e. The predicted octanol–water partition coefficient (Wildman–Crippen LogP) is 2.92. The van der Waals surface area contributed by atoms with Crippen molar-refractivity contribution < 1.29 is 22.0 Å². The fourth-order valence-corrected chi connectivity index (χ4v) is 3.60. The van der Waals surface area contributed by atoms with E-state index in [1.165, 1.54) is 42.3 Å². The van der Waals surface area contributed by atoms with E-state index >= 15 is 0 Å². The Morgan fingerprint density at radius 2 is 1.73 bits per heavy atom. The summed E-state index contributed by atoms with van der Waals surface area (Å²) in [7, 11) is -2.16. The van der Waals surface area contributed by atoms with Crippen molar-refractivity contribution in [3.63, 3.8) is 0 Å². The molecule has 8 heteroatoms. The van der Waals surface area contributed by atoms with Crippen molar-refractivity contribution in [1.82, 2.24) is 9.62 Å². The highest BCUT2D eigenvalue weighted by Crippen LogP contribution is 2.15. The first-order valence-corrected chi connectivity index (χ1v) is 9.40. The van der Waals surface area contributed by atoms with Gasteiger partial charge in [-0.25, -0.2) is 21.9 Å². The quantitative estimate of drug-likeness (QED) is 0.835. The summed E-state index contributed by atoms with van der Waals surface area (Å²) in [5, 5.41) is 0. The van der Waals surface area contributed by atoms with Gasteiger partial charge in [-0.2, -0.15) is 0 Å². The van der Waals surface area contributed by atoms with E-state index in [0.717, 1.165) is 12.1 Å². The van der Waals surface area contributed by atoms with Crippen LogP contribution < -0.4 is 4.72 Å². The molecule has 0 aromatic heterocycles. The average Bonchev–Trinajstić information content (AvgIpc) is 2.55. The Balaban J connectivity index is 2.14. The van der Waals surface area contributed by atoms with E-state index in [0.29, 0.717) is 0 Å². The summed E-state index contributed by atoms with van der Waals surface area (Å²) in [5.74, 6) is -1.83. The molecule has 0 aliphatic heterocycles. The highest BCUT2D eigenvalue weighted by molar-refractivity contribution is 7.89. The zero-order valence-electron chi connectivity index (χ0n) is 14.7. The first-order valence-electron chi connectivity index (χ1n) is 7.92. The average molecular weight is 382 g/mol. The normalized spacial score (nSPS) is 11.6. The van der Waals surface area contributed by atoms with Crippen LogP contribution in [-0.4, -0.2) is 32.3 Å². The molecule has 0 atom stereocenters. The third-order valence-corrected chi connectivity index (χ3v) is 5.25. The van der Waals surface area contributed by atoms with Crippen LogP contribution in [0.4, 0.5) is 8.78 Å². The Hall–Kier alpha value is -2.32. The van der Waals surface area contributed by atoms with E-state index in [-0.39, 0.29) is 28.6 Å². The minimum atomic E-state index is -3.64. The third kappa shape index (κ3) is 4.86. The molecule has 0 aliphatic rings. The fourth-order valence-electron chi connectivity index (χ4n) is 2.35. The van der Waals surface area contributed by atoms with E-state index in [2.05, 4.69) is 4.72 Å². The summed E-state index contributed by atoms with van der Waals surface area (Å²) in [6.07, 6.45) is 0. The molecule has 2 aromatic carbocycles. The van der Waals surface area contributed by atoms with Gasteiger partial charge in [0.1, 0.15) is 11.6 Å². The van der Waals surface area contributed by atoms with Crippen LogP contribution in [0.15, 0.2) is 47.4 Å². The Kier molecular flexibility index (Phi) is 6.09. The maximum Gasteiger partial charge on any atom is 0.253 e. The molecule has 0 spiro atoms. The van der Waals surface area contributed by atoms with Crippen molar-refractivity contribution in [2.24, 2.45) is 0 Å². The Bertz CT molecular complexity index is 897. The van der Waals surface area contributed by atoms with Gasteiger partial charge in [-0.15, -0.1) is 0 Å². The number of carbonyl (C=O) groups is 1.